The van der Waals surface area contributed by atoms with Crippen LogP contribution in [0.4, 0.5) is 0 Å². The van der Waals surface area contributed by atoms with Crippen LogP contribution in [0.15, 0.2) is 12.1 Å². The SMILES string of the molecule is CCN(C)CCN1C(=O)C(C)(CC)NC1c1ccc(C)s1. The second-order valence-electron chi connectivity index (χ2n) is 6.08. The van der Waals surface area contributed by atoms with Gasteiger partial charge < -0.3 is 9.80 Å². The molecule has 2 heterocycles. The normalized spacial score (nSPS) is 26.1. The van der Waals surface area contributed by atoms with E-state index in [2.05, 4.69) is 50.2 Å². The lowest BCUT2D eigenvalue weighted by Crippen LogP contribution is -2.43. The summed E-state index contributed by atoms with van der Waals surface area (Å²) in [6, 6.07) is 4.27. The number of aryl methyl sites for hydroxylation is 1. The Bertz CT molecular complexity index is 501. The number of carbonyl (C=O) groups excluding carboxylic acids is 1. The van der Waals surface area contributed by atoms with E-state index in [1.165, 1.54) is 9.75 Å². The maximum Gasteiger partial charge on any atom is 0.244 e. The van der Waals surface area contributed by atoms with Crippen LogP contribution in [-0.4, -0.2) is 47.9 Å². The van der Waals surface area contributed by atoms with Gasteiger partial charge in [-0.3, -0.25) is 10.1 Å². The van der Waals surface area contributed by atoms with Gasteiger partial charge in [0.15, 0.2) is 0 Å². The molecule has 1 amide bonds. The molecule has 2 unspecified atom stereocenters. The molecule has 1 aliphatic rings. The molecule has 5 heteroatoms. The number of amides is 1. The molecule has 0 bridgehead atoms. The molecule has 1 saturated heterocycles. The summed E-state index contributed by atoms with van der Waals surface area (Å²) < 4.78 is 0. The van der Waals surface area contributed by atoms with E-state index in [4.69, 9.17) is 0 Å². The van der Waals surface area contributed by atoms with Crippen LogP contribution >= 0.6 is 11.3 Å². The van der Waals surface area contributed by atoms with Gasteiger partial charge in [0.05, 0.1) is 5.54 Å². The highest BCUT2D eigenvalue weighted by Crippen LogP contribution is 2.35. The molecule has 118 valence electrons. The second-order valence-corrected chi connectivity index (χ2v) is 7.39. The van der Waals surface area contributed by atoms with Crippen molar-refractivity contribution in [3.05, 3.63) is 21.9 Å². The van der Waals surface area contributed by atoms with Crippen molar-refractivity contribution in [2.45, 2.75) is 45.8 Å². The van der Waals surface area contributed by atoms with Crippen molar-refractivity contribution in [3.63, 3.8) is 0 Å². The Labute approximate surface area is 132 Å². The molecule has 0 aromatic carbocycles. The van der Waals surface area contributed by atoms with E-state index in [0.29, 0.717) is 0 Å². The van der Waals surface area contributed by atoms with Crippen LogP contribution < -0.4 is 5.32 Å². The third-order valence-electron chi connectivity index (χ3n) is 4.50. The Kier molecular flexibility index (Phi) is 5.07. The lowest BCUT2D eigenvalue weighted by atomic mass is 9.99. The van der Waals surface area contributed by atoms with Gasteiger partial charge in [0.1, 0.15) is 6.17 Å². The lowest BCUT2D eigenvalue weighted by molar-refractivity contribution is -0.133. The van der Waals surface area contributed by atoms with Gasteiger partial charge in [0, 0.05) is 22.8 Å². The van der Waals surface area contributed by atoms with Crippen molar-refractivity contribution in [3.8, 4) is 0 Å². The lowest BCUT2D eigenvalue weighted by Gasteiger charge is -2.25. The average Bonchev–Trinajstić information content (AvgIpc) is 3.00. The highest BCUT2D eigenvalue weighted by molar-refractivity contribution is 7.12. The summed E-state index contributed by atoms with van der Waals surface area (Å²) >= 11 is 1.77. The minimum atomic E-state index is -0.437. The van der Waals surface area contributed by atoms with Crippen LogP contribution in [0.1, 0.15) is 43.1 Å². The third-order valence-corrected chi connectivity index (χ3v) is 5.55. The molecule has 0 aliphatic carbocycles. The Morgan fingerprint density at radius 3 is 2.67 bits per heavy atom. The number of hydrogen-bond donors (Lipinski definition) is 1. The molecule has 1 aliphatic heterocycles. The molecule has 1 aromatic heterocycles. The molecule has 1 fully saturated rings. The zero-order chi connectivity index (χ0) is 15.6. The van der Waals surface area contributed by atoms with Crippen molar-refractivity contribution in [2.75, 3.05) is 26.7 Å². The molecule has 0 spiro atoms. The van der Waals surface area contributed by atoms with E-state index in [1.807, 2.05) is 11.8 Å². The summed E-state index contributed by atoms with van der Waals surface area (Å²) in [6.07, 6.45) is 0.832. The first-order chi connectivity index (χ1) is 9.91. The fourth-order valence-corrected chi connectivity index (χ4v) is 3.56. The van der Waals surface area contributed by atoms with E-state index in [1.54, 1.807) is 11.3 Å². The summed E-state index contributed by atoms with van der Waals surface area (Å²) in [5.41, 5.74) is -0.437. The van der Waals surface area contributed by atoms with Crippen LogP contribution in [0.5, 0.6) is 0 Å². The molecular formula is C16H27N3OS. The van der Waals surface area contributed by atoms with Crippen LogP contribution in [0.25, 0.3) is 0 Å². The molecule has 4 nitrogen and oxygen atoms in total. The van der Waals surface area contributed by atoms with Gasteiger partial charge in [0.2, 0.25) is 5.91 Å². The Morgan fingerprint density at radius 2 is 2.14 bits per heavy atom. The van der Waals surface area contributed by atoms with Gasteiger partial charge in [-0.1, -0.05) is 13.8 Å². The Hall–Kier alpha value is -0.910. The highest BCUT2D eigenvalue weighted by atomic mass is 32.1. The van der Waals surface area contributed by atoms with Crippen molar-refractivity contribution in [1.29, 1.82) is 0 Å². The van der Waals surface area contributed by atoms with Gasteiger partial charge in [-0.25, -0.2) is 0 Å². The molecule has 2 rings (SSSR count). The number of nitrogens with zero attached hydrogens (tertiary/aromatic N) is 2. The van der Waals surface area contributed by atoms with Crippen LogP contribution in [0, 0.1) is 6.92 Å². The first kappa shape index (κ1) is 16.5. The van der Waals surface area contributed by atoms with Crippen molar-refractivity contribution in [1.82, 2.24) is 15.1 Å². The van der Waals surface area contributed by atoms with Crippen LogP contribution in [-0.2, 0) is 4.79 Å². The molecule has 1 aromatic rings. The van der Waals surface area contributed by atoms with E-state index >= 15 is 0 Å². The van der Waals surface area contributed by atoms with E-state index in [-0.39, 0.29) is 12.1 Å². The van der Waals surface area contributed by atoms with Crippen LogP contribution in [0.2, 0.25) is 0 Å². The number of hydrogen-bond acceptors (Lipinski definition) is 4. The van der Waals surface area contributed by atoms with Crippen molar-refractivity contribution in [2.24, 2.45) is 0 Å². The van der Waals surface area contributed by atoms with E-state index in [0.717, 1.165) is 26.1 Å². The number of likely N-dealkylation sites (N-methyl/N-ethyl adjacent to an activating group) is 1. The summed E-state index contributed by atoms with van der Waals surface area (Å²) in [5.74, 6) is 0.227. The summed E-state index contributed by atoms with van der Waals surface area (Å²) in [6.45, 7) is 11.0. The molecule has 0 saturated carbocycles. The second kappa shape index (κ2) is 6.46. The molecule has 2 atom stereocenters. The van der Waals surface area contributed by atoms with Crippen molar-refractivity contribution < 1.29 is 4.79 Å². The number of nitrogens with one attached hydrogen (secondary N) is 1. The Morgan fingerprint density at radius 1 is 1.43 bits per heavy atom. The van der Waals surface area contributed by atoms with Crippen molar-refractivity contribution >= 4 is 17.2 Å². The van der Waals surface area contributed by atoms with Crippen LogP contribution in [0.3, 0.4) is 0 Å². The summed E-state index contributed by atoms with van der Waals surface area (Å²) in [5, 5.41) is 3.56. The zero-order valence-corrected chi connectivity index (χ0v) is 14.6. The smallest absolute Gasteiger partial charge is 0.244 e. The van der Waals surface area contributed by atoms with E-state index in [9.17, 15) is 4.79 Å². The number of rotatable bonds is 6. The predicted octanol–water partition coefficient (Wildman–Crippen LogP) is 2.61. The third kappa shape index (κ3) is 3.30. The minimum Gasteiger partial charge on any atom is -0.319 e. The Balaban J connectivity index is 2.21. The first-order valence-electron chi connectivity index (χ1n) is 7.75. The van der Waals surface area contributed by atoms with Gasteiger partial charge in [-0.15, -0.1) is 11.3 Å². The molecule has 1 N–H and O–H groups in total. The molecule has 0 radical (unpaired) electrons. The number of thiophene rings is 1. The summed E-state index contributed by atoms with van der Waals surface area (Å²) in [7, 11) is 2.09. The maximum atomic E-state index is 12.8. The fourth-order valence-electron chi connectivity index (χ4n) is 2.62. The zero-order valence-electron chi connectivity index (χ0n) is 13.8. The molecule has 21 heavy (non-hydrogen) atoms. The highest BCUT2D eigenvalue weighted by Gasteiger charge is 2.47. The van der Waals surface area contributed by atoms with Gasteiger partial charge in [-0.05, 0) is 46.0 Å². The average molecular weight is 309 g/mol. The topological polar surface area (TPSA) is 35.6 Å². The predicted molar refractivity (Wildman–Crippen MR) is 88.5 cm³/mol. The van der Waals surface area contributed by atoms with Gasteiger partial charge in [-0.2, -0.15) is 0 Å². The quantitative estimate of drug-likeness (QED) is 0.877. The monoisotopic (exact) mass is 309 g/mol. The molecular weight excluding hydrogens is 282 g/mol. The van der Waals surface area contributed by atoms with Gasteiger partial charge in [0.25, 0.3) is 0 Å². The first-order valence-corrected chi connectivity index (χ1v) is 8.56. The standard InChI is InChI=1S/C16H27N3OS/c1-6-16(4)15(20)19(11-10-18(5)7-2)14(17-16)13-9-8-12(3)21-13/h8-9,14,17H,6-7,10-11H2,1-5H3. The van der Waals surface area contributed by atoms with Gasteiger partial charge >= 0.3 is 0 Å². The fraction of sp³-hybridized carbons (Fsp3) is 0.688. The maximum absolute atomic E-state index is 12.8. The summed E-state index contributed by atoms with van der Waals surface area (Å²) in [4.78, 5) is 19.6. The van der Waals surface area contributed by atoms with E-state index < -0.39 is 5.54 Å². The largest absolute Gasteiger partial charge is 0.319 e. The minimum absolute atomic E-state index is 0.0198. The number of carbonyl (C=O) groups is 1.